The summed E-state index contributed by atoms with van der Waals surface area (Å²) in [6.45, 7) is 1.12. The molecule has 1 aromatic carbocycles. The van der Waals surface area contributed by atoms with Crippen molar-refractivity contribution in [1.29, 1.82) is 0 Å². The minimum Gasteiger partial charge on any atom is -0.467 e. The van der Waals surface area contributed by atoms with Gasteiger partial charge in [0.25, 0.3) is 5.91 Å². The first-order chi connectivity index (χ1) is 13.6. The first kappa shape index (κ1) is 19.6. The molecule has 1 saturated heterocycles. The van der Waals surface area contributed by atoms with Gasteiger partial charge in [0, 0.05) is 26.1 Å². The molecule has 0 bridgehead atoms. The number of methoxy groups -OCH3 is 1. The number of carbonyl (C=O) groups excluding carboxylic acids is 3. The predicted molar refractivity (Wildman–Crippen MR) is 100 cm³/mol. The van der Waals surface area contributed by atoms with E-state index >= 15 is 0 Å². The molecule has 1 aromatic heterocycles. The number of esters is 1. The van der Waals surface area contributed by atoms with E-state index in [-0.39, 0.29) is 24.1 Å². The van der Waals surface area contributed by atoms with Gasteiger partial charge in [0.2, 0.25) is 5.91 Å². The van der Waals surface area contributed by atoms with E-state index in [1.165, 1.54) is 13.4 Å². The van der Waals surface area contributed by atoms with Gasteiger partial charge in [0.05, 0.1) is 13.4 Å². The van der Waals surface area contributed by atoms with Gasteiger partial charge in [-0.05, 0) is 17.7 Å². The van der Waals surface area contributed by atoms with Gasteiger partial charge < -0.3 is 24.7 Å². The lowest BCUT2D eigenvalue weighted by Crippen LogP contribution is -2.60. The molecule has 0 unspecified atom stereocenters. The lowest BCUT2D eigenvalue weighted by molar-refractivity contribution is -0.145. The van der Waals surface area contributed by atoms with Gasteiger partial charge in [-0.3, -0.25) is 9.59 Å². The summed E-state index contributed by atoms with van der Waals surface area (Å²) in [5.41, 5.74) is 0.907. The molecule has 2 amide bonds. The van der Waals surface area contributed by atoms with Gasteiger partial charge in [0.1, 0.15) is 12.1 Å². The van der Waals surface area contributed by atoms with Crippen molar-refractivity contribution in [3.63, 3.8) is 0 Å². The van der Waals surface area contributed by atoms with Crippen molar-refractivity contribution in [2.24, 2.45) is 0 Å². The zero-order valence-corrected chi connectivity index (χ0v) is 15.6. The fraction of sp³-hybridized carbons (Fsp3) is 0.350. The Bertz CT molecular complexity index is 807. The second-order valence-electron chi connectivity index (χ2n) is 6.51. The summed E-state index contributed by atoms with van der Waals surface area (Å²) in [6, 6.07) is 11.2. The molecule has 28 heavy (non-hydrogen) atoms. The number of ether oxygens (including phenoxy) is 1. The normalized spacial score (nSPS) is 17.6. The minimum absolute atomic E-state index is 0.185. The average Bonchev–Trinajstić information content (AvgIpc) is 3.28. The zero-order valence-electron chi connectivity index (χ0n) is 15.6. The summed E-state index contributed by atoms with van der Waals surface area (Å²) < 4.78 is 9.98. The second-order valence-corrected chi connectivity index (χ2v) is 6.51. The maximum atomic E-state index is 12.7. The third-order valence-corrected chi connectivity index (χ3v) is 4.60. The molecule has 148 valence electrons. The first-order valence-electron chi connectivity index (χ1n) is 9.06. The minimum atomic E-state index is -0.808. The van der Waals surface area contributed by atoms with E-state index in [4.69, 9.17) is 9.15 Å². The second kappa shape index (κ2) is 9.18. The number of furan rings is 1. The van der Waals surface area contributed by atoms with Crippen LogP contribution < -0.4 is 10.6 Å². The SMILES string of the molecule is COC(=O)[C@@H](Cc1ccccc1)NC(=O)[C@@H]1CN(C(=O)c2ccco2)CCN1. The van der Waals surface area contributed by atoms with Crippen LogP contribution >= 0.6 is 0 Å². The Labute approximate surface area is 162 Å². The number of benzene rings is 1. The van der Waals surface area contributed by atoms with Gasteiger partial charge >= 0.3 is 5.97 Å². The zero-order chi connectivity index (χ0) is 19.9. The smallest absolute Gasteiger partial charge is 0.328 e. The van der Waals surface area contributed by atoms with Crippen LogP contribution in [0, 0.1) is 0 Å². The summed E-state index contributed by atoms with van der Waals surface area (Å²) in [6.07, 6.45) is 1.76. The van der Waals surface area contributed by atoms with Crippen LogP contribution in [0.2, 0.25) is 0 Å². The van der Waals surface area contributed by atoms with Crippen molar-refractivity contribution in [2.75, 3.05) is 26.7 Å². The first-order valence-corrected chi connectivity index (χ1v) is 9.06. The number of amides is 2. The summed E-state index contributed by atoms with van der Waals surface area (Å²) in [7, 11) is 1.29. The topological polar surface area (TPSA) is 101 Å². The highest BCUT2D eigenvalue weighted by molar-refractivity contribution is 5.93. The fourth-order valence-corrected chi connectivity index (χ4v) is 3.12. The number of piperazine rings is 1. The Kier molecular flexibility index (Phi) is 6.44. The predicted octanol–water partition coefficient (Wildman–Crippen LogP) is 0.594. The summed E-state index contributed by atoms with van der Waals surface area (Å²) in [4.78, 5) is 38.9. The molecule has 0 aliphatic carbocycles. The molecule has 2 aromatic rings. The van der Waals surface area contributed by atoms with E-state index in [9.17, 15) is 14.4 Å². The van der Waals surface area contributed by atoms with Crippen LogP contribution in [0.4, 0.5) is 0 Å². The Balaban J connectivity index is 1.63. The van der Waals surface area contributed by atoms with Crippen LogP contribution in [0.25, 0.3) is 0 Å². The van der Waals surface area contributed by atoms with Gasteiger partial charge in [-0.1, -0.05) is 30.3 Å². The van der Waals surface area contributed by atoms with Crippen molar-refractivity contribution in [2.45, 2.75) is 18.5 Å². The highest BCUT2D eigenvalue weighted by Crippen LogP contribution is 2.10. The van der Waals surface area contributed by atoms with E-state index in [0.717, 1.165) is 5.56 Å². The highest BCUT2D eigenvalue weighted by Gasteiger charge is 2.32. The number of hydrogen-bond donors (Lipinski definition) is 2. The lowest BCUT2D eigenvalue weighted by Gasteiger charge is -2.33. The molecular weight excluding hydrogens is 362 g/mol. The Hall–Kier alpha value is -3.13. The highest BCUT2D eigenvalue weighted by atomic mass is 16.5. The Morgan fingerprint density at radius 2 is 2.04 bits per heavy atom. The quantitative estimate of drug-likeness (QED) is 0.706. The van der Waals surface area contributed by atoms with Crippen molar-refractivity contribution in [3.05, 3.63) is 60.1 Å². The van der Waals surface area contributed by atoms with Crippen LogP contribution in [-0.2, 0) is 20.7 Å². The molecule has 8 nitrogen and oxygen atoms in total. The maximum Gasteiger partial charge on any atom is 0.328 e. The van der Waals surface area contributed by atoms with Gasteiger partial charge in [0.15, 0.2) is 5.76 Å². The molecule has 0 spiro atoms. The molecule has 3 rings (SSSR count). The monoisotopic (exact) mass is 385 g/mol. The van der Waals surface area contributed by atoms with Crippen molar-refractivity contribution in [1.82, 2.24) is 15.5 Å². The maximum absolute atomic E-state index is 12.7. The Morgan fingerprint density at radius 1 is 1.25 bits per heavy atom. The summed E-state index contributed by atoms with van der Waals surface area (Å²) in [5.74, 6) is -0.907. The largest absolute Gasteiger partial charge is 0.467 e. The average molecular weight is 385 g/mol. The number of nitrogens with zero attached hydrogens (tertiary/aromatic N) is 1. The molecule has 0 saturated carbocycles. The number of nitrogens with one attached hydrogen (secondary N) is 2. The van der Waals surface area contributed by atoms with E-state index in [1.54, 1.807) is 17.0 Å². The van der Waals surface area contributed by atoms with Gasteiger partial charge in [-0.2, -0.15) is 0 Å². The Morgan fingerprint density at radius 3 is 2.71 bits per heavy atom. The van der Waals surface area contributed by atoms with Crippen LogP contribution in [0.3, 0.4) is 0 Å². The van der Waals surface area contributed by atoms with Crippen molar-refractivity contribution < 1.29 is 23.5 Å². The number of carbonyl (C=O) groups is 3. The molecule has 8 heteroatoms. The third-order valence-electron chi connectivity index (χ3n) is 4.60. The van der Waals surface area contributed by atoms with Gasteiger partial charge in [-0.25, -0.2) is 4.79 Å². The summed E-state index contributed by atoms with van der Waals surface area (Å²) >= 11 is 0. The van der Waals surface area contributed by atoms with Crippen LogP contribution in [-0.4, -0.2) is 61.5 Å². The molecular formula is C20H23N3O5. The van der Waals surface area contributed by atoms with Crippen LogP contribution in [0.15, 0.2) is 53.1 Å². The molecule has 2 heterocycles. The van der Waals surface area contributed by atoms with E-state index in [2.05, 4.69) is 10.6 Å². The van der Waals surface area contributed by atoms with Crippen molar-refractivity contribution in [3.8, 4) is 0 Å². The standard InChI is InChI=1S/C20H23N3O5/c1-27-20(26)15(12-14-6-3-2-4-7-14)22-18(24)16-13-23(10-9-21-16)19(25)17-8-5-11-28-17/h2-8,11,15-16,21H,9-10,12-13H2,1H3,(H,22,24)/t15-,16+/m1/s1. The molecule has 0 radical (unpaired) electrons. The molecule has 2 N–H and O–H groups in total. The van der Waals surface area contributed by atoms with Crippen molar-refractivity contribution >= 4 is 17.8 Å². The van der Waals surface area contributed by atoms with Crippen LogP contribution in [0.5, 0.6) is 0 Å². The number of hydrogen-bond acceptors (Lipinski definition) is 6. The van der Waals surface area contributed by atoms with E-state index in [1.807, 2.05) is 30.3 Å². The molecule has 2 atom stereocenters. The molecule has 1 aliphatic heterocycles. The van der Waals surface area contributed by atoms with Gasteiger partial charge in [-0.15, -0.1) is 0 Å². The molecule has 1 fully saturated rings. The van der Waals surface area contributed by atoms with E-state index < -0.39 is 18.1 Å². The number of rotatable bonds is 6. The van der Waals surface area contributed by atoms with E-state index in [0.29, 0.717) is 19.5 Å². The van der Waals surface area contributed by atoms with Crippen LogP contribution in [0.1, 0.15) is 16.1 Å². The lowest BCUT2D eigenvalue weighted by atomic mass is 10.1. The summed E-state index contributed by atoms with van der Waals surface area (Å²) in [5, 5.41) is 5.83. The third kappa shape index (κ3) is 4.77. The fourth-order valence-electron chi connectivity index (χ4n) is 3.12. The molecule has 1 aliphatic rings.